The molecule has 1 aliphatic heterocycles. The predicted molar refractivity (Wildman–Crippen MR) is 103 cm³/mol. The average molecular weight is 383 g/mol. The SMILES string of the molecule is COc1ccc(C2CCCN2C(=O)c2cc(-c3ccc(Cl)cc3)on2)cc1. The number of carbonyl (C=O) groups excluding carboxylic acids is 1. The fourth-order valence-electron chi connectivity index (χ4n) is 3.46. The Morgan fingerprint density at radius 2 is 1.93 bits per heavy atom. The molecule has 1 saturated heterocycles. The second kappa shape index (κ2) is 7.45. The van der Waals surface area contributed by atoms with Crippen LogP contribution in [0.25, 0.3) is 11.3 Å². The van der Waals surface area contributed by atoms with Crippen LogP contribution in [0.5, 0.6) is 5.75 Å². The maximum absolute atomic E-state index is 13.0. The predicted octanol–water partition coefficient (Wildman–Crippen LogP) is 4.98. The van der Waals surface area contributed by atoms with Gasteiger partial charge in [0.25, 0.3) is 5.91 Å². The van der Waals surface area contributed by atoms with Crippen LogP contribution in [0.3, 0.4) is 0 Å². The van der Waals surface area contributed by atoms with E-state index < -0.39 is 0 Å². The van der Waals surface area contributed by atoms with Gasteiger partial charge in [-0.3, -0.25) is 4.79 Å². The molecule has 0 bridgehead atoms. The van der Waals surface area contributed by atoms with Gasteiger partial charge in [-0.15, -0.1) is 0 Å². The average Bonchev–Trinajstić information content (AvgIpc) is 3.38. The van der Waals surface area contributed by atoms with E-state index in [1.807, 2.05) is 41.3 Å². The number of halogens is 1. The number of likely N-dealkylation sites (tertiary alicyclic amines) is 1. The lowest BCUT2D eigenvalue weighted by Crippen LogP contribution is -2.30. The number of methoxy groups -OCH3 is 1. The van der Waals surface area contributed by atoms with Crippen LogP contribution in [0.4, 0.5) is 0 Å². The van der Waals surface area contributed by atoms with Crippen LogP contribution in [0.2, 0.25) is 5.02 Å². The molecule has 138 valence electrons. The molecule has 4 rings (SSSR count). The monoisotopic (exact) mass is 382 g/mol. The number of ether oxygens (including phenoxy) is 1. The van der Waals surface area contributed by atoms with Crippen molar-refractivity contribution in [3.8, 4) is 17.1 Å². The highest BCUT2D eigenvalue weighted by atomic mass is 35.5. The van der Waals surface area contributed by atoms with E-state index in [2.05, 4.69) is 5.16 Å². The van der Waals surface area contributed by atoms with Gasteiger partial charge in [0, 0.05) is 23.2 Å². The van der Waals surface area contributed by atoms with E-state index in [-0.39, 0.29) is 11.9 Å². The zero-order valence-corrected chi connectivity index (χ0v) is 15.6. The third-order valence-electron chi connectivity index (χ3n) is 4.87. The van der Waals surface area contributed by atoms with E-state index >= 15 is 0 Å². The van der Waals surface area contributed by atoms with Crippen molar-refractivity contribution in [1.82, 2.24) is 10.1 Å². The first-order valence-corrected chi connectivity index (χ1v) is 9.21. The molecule has 0 N–H and O–H groups in total. The number of aromatic nitrogens is 1. The number of amides is 1. The Morgan fingerprint density at radius 1 is 1.19 bits per heavy atom. The van der Waals surface area contributed by atoms with Crippen molar-refractivity contribution in [3.05, 3.63) is 70.9 Å². The van der Waals surface area contributed by atoms with Crippen molar-refractivity contribution >= 4 is 17.5 Å². The normalized spacial score (nSPS) is 16.5. The molecule has 0 saturated carbocycles. The van der Waals surface area contributed by atoms with Crippen LogP contribution in [0.1, 0.15) is 34.9 Å². The summed E-state index contributed by atoms with van der Waals surface area (Å²) in [6.45, 7) is 0.707. The molecule has 1 aromatic heterocycles. The number of benzene rings is 2. The molecule has 0 spiro atoms. The van der Waals surface area contributed by atoms with Gasteiger partial charge in [0.15, 0.2) is 11.5 Å². The molecule has 1 atom stereocenters. The maximum Gasteiger partial charge on any atom is 0.276 e. The molecule has 2 heterocycles. The van der Waals surface area contributed by atoms with Gasteiger partial charge < -0.3 is 14.2 Å². The fraction of sp³-hybridized carbons (Fsp3) is 0.238. The maximum atomic E-state index is 13.0. The summed E-state index contributed by atoms with van der Waals surface area (Å²) in [7, 11) is 1.64. The van der Waals surface area contributed by atoms with Gasteiger partial charge in [0.1, 0.15) is 5.75 Å². The third kappa shape index (κ3) is 3.55. The van der Waals surface area contributed by atoms with Crippen molar-refractivity contribution in [2.24, 2.45) is 0 Å². The number of nitrogens with zero attached hydrogens (tertiary/aromatic N) is 2. The Labute approximate surface area is 162 Å². The number of hydrogen-bond acceptors (Lipinski definition) is 4. The van der Waals surface area contributed by atoms with Gasteiger partial charge in [0.2, 0.25) is 0 Å². The van der Waals surface area contributed by atoms with E-state index in [0.717, 1.165) is 29.7 Å². The quantitative estimate of drug-likeness (QED) is 0.638. The Balaban J connectivity index is 1.55. The van der Waals surface area contributed by atoms with Crippen LogP contribution in [0.15, 0.2) is 59.1 Å². The molecule has 6 heteroatoms. The fourth-order valence-corrected chi connectivity index (χ4v) is 3.58. The second-order valence-corrected chi connectivity index (χ2v) is 6.95. The topological polar surface area (TPSA) is 55.6 Å². The molecule has 2 aromatic carbocycles. The van der Waals surface area contributed by atoms with Crippen molar-refractivity contribution in [3.63, 3.8) is 0 Å². The summed E-state index contributed by atoms with van der Waals surface area (Å²) >= 11 is 5.92. The van der Waals surface area contributed by atoms with Crippen LogP contribution < -0.4 is 4.74 Å². The first-order valence-electron chi connectivity index (χ1n) is 8.83. The zero-order valence-electron chi connectivity index (χ0n) is 14.9. The molecule has 0 aliphatic carbocycles. The Morgan fingerprint density at radius 3 is 2.63 bits per heavy atom. The minimum absolute atomic E-state index is 0.0408. The molecule has 1 amide bonds. The molecule has 0 radical (unpaired) electrons. The molecular weight excluding hydrogens is 364 g/mol. The lowest BCUT2D eigenvalue weighted by Gasteiger charge is -2.24. The molecule has 27 heavy (non-hydrogen) atoms. The Bertz CT molecular complexity index is 935. The van der Waals surface area contributed by atoms with Gasteiger partial charge in [-0.1, -0.05) is 28.9 Å². The molecule has 1 fully saturated rings. The van der Waals surface area contributed by atoms with Crippen LogP contribution in [0, 0.1) is 0 Å². The summed E-state index contributed by atoms with van der Waals surface area (Å²) in [5.74, 6) is 1.24. The lowest BCUT2D eigenvalue weighted by molar-refractivity contribution is 0.0725. The van der Waals surface area contributed by atoms with E-state index in [9.17, 15) is 4.79 Å². The second-order valence-electron chi connectivity index (χ2n) is 6.51. The Hall–Kier alpha value is -2.79. The number of hydrogen-bond donors (Lipinski definition) is 0. The van der Waals surface area contributed by atoms with Gasteiger partial charge in [-0.05, 0) is 54.8 Å². The number of rotatable bonds is 4. The summed E-state index contributed by atoms with van der Waals surface area (Å²) < 4.78 is 10.6. The van der Waals surface area contributed by atoms with Gasteiger partial charge in [-0.2, -0.15) is 0 Å². The first-order chi connectivity index (χ1) is 13.2. The summed E-state index contributed by atoms with van der Waals surface area (Å²) in [5.41, 5.74) is 2.25. The zero-order chi connectivity index (χ0) is 18.8. The summed E-state index contributed by atoms with van der Waals surface area (Å²) in [6.07, 6.45) is 1.89. The summed E-state index contributed by atoms with van der Waals surface area (Å²) in [5, 5.41) is 4.64. The van der Waals surface area contributed by atoms with E-state index in [0.29, 0.717) is 23.0 Å². The van der Waals surface area contributed by atoms with E-state index in [4.69, 9.17) is 20.9 Å². The number of carbonyl (C=O) groups is 1. The molecule has 1 unspecified atom stereocenters. The standard InChI is InChI=1S/C21H19ClN2O3/c1-26-17-10-6-14(7-11-17)19-3-2-12-24(19)21(25)18-13-20(27-23-18)15-4-8-16(22)9-5-15/h4-11,13,19H,2-3,12H2,1H3. The van der Waals surface area contributed by atoms with Crippen molar-refractivity contribution in [2.45, 2.75) is 18.9 Å². The highest BCUT2D eigenvalue weighted by Crippen LogP contribution is 2.34. The smallest absolute Gasteiger partial charge is 0.276 e. The first kappa shape index (κ1) is 17.6. The molecule has 3 aromatic rings. The van der Waals surface area contributed by atoms with Crippen molar-refractivity contribution < 1.29 is 14.1 Å². The minimum Gasteiger partial charge on any atom is -0.497 e. The van der Waals surface area contributed by atoms with Crippen molar-refractivity contribution in [1.29, 1.82) is 0 Å². The summed E-state index contributed by atoms with van der Waals surface area (Å²) in [6, 6.07) is 16.8. The molecule has 1 aliphatic rings. The van der Waals surface area contributed by atoms with Crippen LogP contribution in [-0.2, 0) is 0 Å². The van der Waals surface area contributed by atoms with Gasteiger partial charge in [0.05, 0.1) is 13.2 Å². The largest absolute Gasteiger partial charge is 0.497 e. The van der Waals surface area contributed by atoms with Gasteiger partial charge in [-0.25, -0.2) is 0 Å². The third-order valence-corrected chi connectivity index (χ3v) is 5.12. The lowest BCUT2D eigenvalue weighted by atomic mass is 10.0. The molecule has 5 nitrogen and oxygen atoms in total. The highest BCUT2D eigenvalue weighted by molar-refractivity contribution is 6.30. The summed E-state index contributed by atoms with van der Waals surface area (Å²) in [4.78, 5) is 14.9. The van der Waals surface area contributed by atoms with Crippen LogP contribution in [-0.4, -0.2) is 29.6 Å². The van der Waals surface area contributed by atoms with Gasteiger partial charge >= 0.3 is 0 Å². The molecular formula is C21H19ClN2O3. The van der Waals surface area contributed by atoms with E-state index in [1.165, 1.54) is 0 Å². The Kier molecular flexibility index (Phi) is 4.86. The van der Waals surface area contributed by atoms with Crippen molar-refractivity contribution in [2.75, 3.05) is 13.7 Å². The minimum atomic E-state index is -0.114. The highest BCUT2D eigenvalue weighted by Gasteiger charge is 2.32. The van der Waals surface area contributed by atoms with Crippen LogP contribution >= 0.6 is 11.6 Å². The van der Waals surface area contributed by atoms with E-state index in [1.54, 1.807) is 25.3 Å².